The Morgan fingerprint density at radius 2 is 2.00 bits per heavy atom. The fraction of sp³-hybridized carbons (Fsp3) is 0.182. The Balaban J connectivity index is 2.18. The number of thiophene rings is 1. The molecule has 0 aliphatic carbocycles. The van der Waals surface area contributed by atoms with Crippen molar-refractivity contribution >= 4 is 23.2 Å². The van der Waals surface area contributed by atoms with Crippen LogP contribution in [-0.4, -0.2) is 15.9 Å². The highest BCUT2D eigenvalue weighted by atomic mass is 32.1. The van der Waals surface area contributed by atoms with Crippen molar-refractivity contribution in [2.45, 2.75) is 13.8 Å². The van der Waals surface area contributed by atoms with Gasteiger partial charge in [0.2, 0.25) is 5.95 Å². The van der Waals surface area contributed by atoms with Crippen LogP contribution in [0.2, 0.25) is 0 Å². The quantitative estimate of drug-likeness (QED) is 0.866. The first-order chi connectivity index (χ1) is 7.66. The van der Waals surface area contributed by atoms with Gasteiger partial charge >= 0.3 is 0 Å². The van der Waals surface area contributed by atoms with E-state index in [-0.39, 0.29) is 5.91 Å². The standard InChI is InChI=1S/C11H11N3OS/c1-7-6-9(8(2)16-7)10(15)14-11-12-4-3-5-13-11/h3-6H,1-2H3,(H,12,13,14,15). The van der Waals surface area contributed by atoms with E-state index < -0.39 is 0 Å². The molecule has 0 atom stereocenters. The molecule has 5 heteroatoms. The van der Waals surface area contributed by atoms with E-state index in [2.05, 4.69) is 15.3 Å². The van der Waals surface area contributed by atoms with Gasteiger partial charge in [-0.25, -0.2) is 9.97 Å². The number of nitrogens with zero attached hydrogens (tertiary/aromatic N) is 2. The molecule has 1 amide bonds. The smallest absolute Gasteiger partial charge is 0.259 e. The second-order valence-corrected chi connectivity index (χ2v) is 4.81. The SMILES string of the molecule is Cc1cc(C(=O)Nc2ncccn2)c(C)s1. The minimum absolute atomic E-state index is 0.159. The second kappa shape index (κ2) is 4.40. The molecule has 0 fully saturated rings. The molecule has 4 nitrogen and oxygen atoms in total. The molecule has 82 valence electrons. The summed E-state index contributed by atoms with van der Waals surface area (Å²) >= 11 is 1.61. The van der Waals surface area contributed by atoms with Crippen molar-refractivity contribution in [3.63, 3.8) is 0 Å². The minimum Gasteiger partial charge on any atom is -0.290 e. The second-order valence-electron chi connectivity index (χ2n) is 3.35. The summed E-state index contributed by atoms with van der Waals surface area (Å²) in [6.45, 7) is 3.91. The van der Waals surface area contributed by atoms with E-state index in [0.717, 1.165) is 9.75 Å². The summed E-state index contributed by atoms with van der Waals surface area (Å²) in [5.41, 5.74) is 0.690. The van der Waals surface area contributed by atoms with Gasteiger partial charge in [-0.2, -0.15) is 0 Å². The molecular formula is C11H11N3OS. The monoisotopic (exact) mass is 233 g/mol. The van der Waals surface area contributed by atoms with E-state index in [1.165, 1.54) is 0 Å². The summed E-state index contributed by atoms with van der Waals surface area (Å²) in [5, 5.41) is 2.66. The number of anilines is 1. The number of carbonyl (C=O) groups is 1. The summed E-state index contributed by atoms with van der Waals surface area (Å²) in [7, 11) is 0. The molecule has 0 aliphatic rings. The van der Waals surface area contributed by atoms with Crippen LogP contribution in [-0.2, 0) is 0 Å². The summed E-state index contributed by atoms with van der Waals surface area (Å²) in [6, 6.07) is 3.58. The first kappa shape index (κ1) is 10.8. The zero-order valence-corrected chi connectivity index (χ0v) is 9.84. The van der Waals surface area contributed by atoms with Crippen LogP contribution in [0.5, 0.6) is 0 Å². The maximum atomic E-state index is 11.9. The van der Waals surface area contributed by atoms with E-state index in [0.29, 0.717) is 11.5 Å². The molecule has 2 rings (SSSR count). The van der Waals surface area contributed by atoms with Gasteiger partial charge in [0.15, 0.2) is 0 Å². The molecule has 2 aromatic heterocycles. The third kappa shape index (κ3) is 2.25. The molecule has 0 saturated carbocycles. The highest BCUT2D eigenvalue weighted by Gasteiger charge is 2.12. The maximum Gasteiger partial charge on any atom is 0.259 e. The lowest BCUT2D eigenvalue weighted by atomic mass is 10.2. The van der Waals surface area contributed by atoms with Gasteiger partial charge in [-0.1, -0.05) is 0 Å². The van der Waals surface area contributed by atoms with Crippen molar-refractivity contribution in [2.75, 3.05) is 5.32 Å². The van der Waals surface area contributed by atoms with Gasteiger partial charge in [-0.3, -0.25) is 10.1 Å². The van der Waals surface area contributed by atoms with Crippen molar-refractivity contribution in [1.82, 2.24) is 9.97 Å². The predicted octanol–water partition coefficient (Wildman–Crippen LogP) is 2.41. The molecule has 0 radical (unpaired) electrons. The van der Waals surface area contributed by atoms with E-state index in [9.17, 15) is 4.79 Å². The summed E-state index contributed by atoms with van der Waals surface area (Å²) in [4.78, 5) is 21.9. The molecule has 2 heterocycles. The van der Waals surface area contributed by atoms with Gasteiger partial charge in [0.25, 0.3) is 5.91 Å². The lowest BCUT2D eigenvalue weighted by Gasteiger charge is -2.01. The Hall–Kier alpha value is -1.75. The molecule has 1 N–H and O–H groups in total. The van der Waals surface area contributed by atoms with Crippen molar-refractivity contribution in [2.24, 2.45) is 0 Å². The van der Waals surface area contributed by atoms with Gasteiger partial charge in [-0.05, 0) is 26.0 Å². The predicted molar refractivity (Wildman–Crippen MR) is 63.8 cm³/mol. The Morgan fingerprint density at radius 1 is 1.31 bits per heavy atom. The highest BCUT2D eigenvalue weighted by molar-refractivity contribution is 7.12. The molecular weight excluding hydrogens is 222 g/mol. The third-order valence-corrected chi connectivity index (χ3v) is 3.04. The van der Waals surface area contributed by atoms with E-state index in [1.54, 1.807) is 29.8 Å². The number of nitrogens with one attached hydrogen (secondary N) is 1. The van der Waals surface area contributed by atoms with Gasteiger partial charge in [0.1, 0.15) is 0 Å². The highest BCUT2D eigenvalue weighted by Crippen LogP contribution is 2.21. The van der Waals surface area contributed by atoms with Crippen LogP contribution < -0.4 is 5.32 Å². The number of aromatic nitrogens is 2. The number of aryl methyl sites for hydroxylation is 2. The van der Waals surface area contributed by atoms with E-state index in [4.69, 9.17) is 0 Å². The average Bonchev–Trinajstić information content (AvgIpc) is 2.59. The largest absolute Gasteiger partial charge is 0.290 e. The molecule has 0 spiro atoms. The number of carbonyl (C=O) groups excluding carboxylic acids is 1. The van der Waals surface area contributed by atoms with Gasteiger partial charge in [0, 0.05) is 22.1 Å². The Labute approximate surface area is 97.4 Å². The molecule has 2 aromatic rings. The van der Waals surface area contributed by atoms with Crippen LogP contribution in [0.3, 0.4) is 0 Å². The van der Waals surface area contributed by atoms with Crippen molar-refractivity contribution in [1.29, 1.82) is 0 Å². The Morgan fingerprint density at radius 3 is 2.56 bits per heavy atom. The van der Waals surface area contributed by atoms with Crippen molar-refractivity contribution in [3.05, 3.63) is 39.8 Å². The molecule has 0 bridgehead atoms. The zero-order valence-electron chi connectivity index (χ0n) is 9.02. The molecule has 16 heavy (non-hydrogen) atoms. The lowest BCUT2D eigenvalue weighted by molar-refractivity contribution is 0.102. The van der Waals surface area contributed by atoms with E-state index in [1.807, 2.05) is 19.9 Å². The van der Waals surface area contributed by atoms with Crippen LogP contribution in [0.4, 0.5) is 5.95 Å². The molecule has 0 saturated heterocycles. The average molecular weight is 233 g/mol. The molecule has 0 aliphatic heterocycles. The fourth-order valence-corrected chi connectivity index (χ4v) is 2.31. The number of hydrogen-bond acceptors (Lipinski definition) is 4. The number of hydrogen-bond donors (Lipinski definition) is 1. The topological polar surface area (TPSA) is 54.9 Å². The van der Waals surface area contributed by atoms with Crippen molar-refractivity contribution in [3.8, 4) is 0 Å². The summed E-state index contributed by atoms with van der Waals surface area (Å²) < 4.78 is 0. The number of rotatable bonds is 2. The fourth-order valence-electron chi connectivity index (χ4n) is 1.39. The van der Waals surface area contributed by atoms with Crippen LogP contribution in [0.15, 0.2) is 24.5 Å². The van der Waals surface area contributed by atoms with E-state index >= 15 is 0 Å². The van der Waals surface area contributed by atoms with Gasteiger partial charge < -0.3 is 0 Å². The van der Waals surface area contributed by atoms with Crippen molar-refractivity contribution < 1.29 is 4.79 Å². The number of amides is 1. The van der Waals surface area contributed by atoms with Gasteiger partial charge in [-0.15, -0.1) is 11.3 Å². The molecule has 0 aromatic carbocycles. The Bertz CT molecular complexity index is 507. The Kier molecular flexibility index (Phi) is 2.96. The lowest BCUT2D eigenvalue weighted by Crippen LogP contribution is -2.13. The summed E-state index contributed by atoms with van der Waals surface area (Å²) in [5.74, 6) is 0.170. The third-order valence-electron chi connectivity index (χ3n) is 2.08. The van der Waals surface area contributed by atoms with Crippen LogP contribution in [0.1, 0.15) is 20.1 Å². The van der Waals surface area contributed by atoms with Gasteiger partial charge in [0.05, 0.1) is 5.56 Å². The maximum absolute atomic E-state index is 11.9. The first-order valence-electron chi connectivity index (χ1n) is 4.82. The minimum atomic E-state index is -0.159. The van der Waals surface area contributed by atoms with Crippen LogP contribution in [0.25, 0.3) is 0 Å². The normalized spacial score (nSPS) is 10.1. The summed E-state index contributed by atoms with van der Waals surface area (Å²) in [6.07, 6.45) is 3.18. The molecule has 0 unspecified atom stereocenters. The van der Waals surface area contributed by atoms with Crippen LogP contribution in [0, 0.1) is 13.8 Å². The first-order valence-corrected chi connectivity index (χ1v) is 5.64. The zero-order chi connectivity index (χ0) is 11.5. The van der Waals surface area contributed by atoms with Crippen LogP contribution >= 0.6 is 11.3 Å².